The lowest BCUT2D eigenvalue weighted by Gasteiger charge is -2.15. The molecule has 0 saturated carbocycles. The summed E-state index contributed by atoms with van der Waals surface area (Å²) in [6.07, 6.45) is 0. The van der Waals surface area contributed by atoms with E-state index in [0.29, 0.717) is 11.3 Å². The highest BCUT2D eigenvalue weighted by atomic mass is 16.5. The molecule has 0 bridgehead atoms. The van der Waals surface area contributed by atoms with Crippen molar-refractivity contribution in [2.75, 3.05) is 0 Å². The highest BCUT2D eigenvalue weighted by Crippen LogP contribution is 2.36. The van der Waals surface area contributed by atoms with Gasteiger partial charge in [0.2, 0.25) is 5.75 Å². The molecule has 0 unspecified atom stereocenters. The van der Waals surface area contributed by atoms with E-state index in [2.05, 4.69) is 0 Å². The van der Waals surface area contributed by atoms with Crippen molar-refractivity contribution in [1.29, 1.82) is 0 Å². The predicted molar refractivity (Wildman–Crippen MR) is 98.0 cm³/mol. The van der Waals surface area contributed by atoms with Gasteiger partial charge in [-0.05, 0) is 18.1 Å². The Balaban J connectivity index is 2.16. The van der Waals surface area contributed by atoms with Crippen molar-refractivity contribution in [3.8, 4) is 22.8 Å². The first kappa shape index (κ1) is 17.7. The van der Waals surface area contributed by atoms with Gasteiger partial charge in [0.1, 0.15) is 11.8 Å². The van der Waals surface area contributed by atoms with Crippen molar-refractivity contribution in [2.24, 2.45) is 11.7 Å². The van der Waals surface area contributed by atoms with Crippen molar-refractivity contribution < 1.29 is 19.1 Å². The van der Waals surface area contributed by atoms with Gasteiger partial charge in [0.25, 0.3) is 0 Å². The number of rotatable bonds is 4. The third-order valence-electron chi connectivity index (χ3n) is 4.08. The van der Waals surface area contributed by atoms with Crippen LogP contribution in [-0.2, 0) is 4.79 Å². The van der Waals surface area contributed by atoms with Crippen LogP contribution in [0.3, 0.4) is 0 Å². The maximum atomic E-state index is 12.5. The minimum atomic E-state index is -0.867. The van der Waals surface area contributed by atoms with E-state index in [4.69, 9.17) is 14.9 Å². The second-order valence-corrected chi connectivity index (χ2v) is 6.32. The zero-order valence-electron chi connectivity index (χ0n) is 14.4. The third kappa shape index (κ3) is 3.32. The second kappa shape index (κ2) is 7.01. The fourth-order valence-corrected chi connectivity index (χ4v) is 2.47. The van der Waals surface area contributed by atoms with Gasteiger partial charge >= 0.3 is 5.97 Å². The molecule has 6 heteroatoms. The lowest BCUT2D eigenvalue weighted by molar-refractivity contribution is -0.136. The van der Waals surface area contributed by atoms with E-state index in [9.17, 15) is 14.7 Å². The van der Waals surface area contributed by atoms with Crippen LogP contribution in [0.15, 0.2) is 57.7 Å². The smallest absolute Gasteiger partial charge is 0.328 e. The van der Waals surface area contributed by atoms with E-state index in [-0.39, 0.29) is 33.8 Å². The summed E-state index contributed by atoms with van der Waals surface area (Å²) >= 11 is 0. The van der Waals surface area contributed by atoms with Crippen LogP contribution in [0.25, 0.3) is 22.3 Å². The molecule has 3 aromatic rings. The van der Waals surface area contributed by atoms with Gasteiger partial charge in [-0.2, -0.15) is 0 Å². The molecule has 3 N–H and O–H groups in total. The molecule has 1 aromatic heterocycles. The number of hydrogen-bond donors (Lipinski definition) is 2. The maximum Gasteiger partial charge on any atom is 0.328 e. The van der Waals surface area contributed by atoms with Crippen LogP contribution >= 0.6 is 0 Å². The Labute approximate surface area is 149 Å². The van der Waals surface area contributed by atoms with Gasteiger partial charge in [0.15, 0.2) is 16.8 Å². The standard InChI is InChI=1S/C20H19NO5/c1-11(2)17(21)20(24)26-19-14(22)9-8-13-15(23)10-16(25-18(13)19)12-6-4-3-5-7-12/h3-11,17,22H,21H2,1-2H3/t17-/m0/s1. The van der Waals surface area contributed by atoms with Crippen molar-refractivity contribution in [2.45, 2.75) is 19.9 Å². The Hall–Kier alpha value is -3.12. The fourth-order valence-electron chi connectivity index (χ4n) is 2.47. The molecule has 0 spiro atoms. The summed E-state index contributed by atoms with van der Waals surface area (Å²) in [5.74, 6) is -1.07. The highest BCUT2D eigenvalue weighted by molar-refractivity contribution is 5.90. The molecule has 0 amide bonds. The summed E-state index contributed by atoms with van der Waals surface area (Å²) in [4.78, 5) is 24.7. The van der Waals surface area contributed by atoms with Gasteiger partial charge in [-0.25, -0.2) is 4.79 Å². The summed E-state index contributed by atoms with van der Waals surface area (Å²) < 4.78 is 11.1. The van der Waals surface area contributed by atoms with Crippen LogP contribution in [0, 0.1) is 5.92 Å². The summed E-state index contributed by atoms with van der Waals surface area (Å²) in [5.41, 5.74) is 6.18. The van der Waals surface area contributed by atoms with E-state index in [1.807, 2.05) is 18.2 Å². The second-order valence-electron chi connectivity index (χ2n) is 6.32. The number of esters is 1. The summed E-state index contributed by atoms with van der Waals surface area (Å²) in [6, 6.07) is 12.2. The molecule has 0 saturated heterocycles. The van der Waals surface area contributed by atoms with Crippen molar-refractivity contribution in [1.82, 2.24) is 0 Å². The molecule has 0 fully saturated rings. The predicted octanol–water partition coefficient (Wildman–Crippen LogP) is 3.05. The Morgan fingerprint density at radius 3 is 2.50 bits per heavy atom. The molecule has 0 aliphatic carbocycles. The molecule has 0 radical (unpaired) electrons. The van der Waals surface area contributed by atoms with Crippen LogP contribution in [0.4, 0.5) is 0 Å². The highest BCUT2D eigenvalue weighted by Gasteiger charge is 2.23. The van der Waals surface area contributed by atoms with Gasteiger partial charge in [-0.1, -0.05) is 44.2 Å². The van der Waals surface area contributed by atoms with Crippen LogP contribution in [0.1, 0.15) is 13.8 Å². The number of fused-ring (bicyclic) bond motifs is 1. The lowest BCUT2D eigenvalue weighted by Crippen LogP contribution is -2.38. The molecule has 6 nitrogen and oxygen atoms in total. The molecule has 1 heterocycles. The summed E-state index contributed by atoms with van der Waals surface area (Å²) in [6.45, 7) is 3.56. The topological polar surface area (TPSA) is 103 Å². The average Bonchev–Trinajstić information content (AvgIpc) is 2.63. The van der Waals surface area contributed by atoms with Gasteiger partial charge in [-0.15, -0.1) is 0 Å². The first-order valence-corrected chi connectivity index (χ1v) is 8.21. The molecule has 0 aliphatic heterocycles. The zero-order chi connectivity index (χ0) is 18.8. The maximum absolute atomic E-state index is 12.5. The van der Waals surface area contributed by atoms with E-state index in [1.165, 1.54) is 18.2 Å². The van der Waals surface area contributed by atoms with Gasteiger partial charge in [-0.3, -0.25) is 4.79 Å². The first-order valence-electron chi connectivity index (χ1n) is 8.21. The molecule has 26 heavy (non-hydrogen) atoms. The zero-order valence-corrected chi connectivity index (χ0v) is 14.4. The fraction of sp³-hybridized carbons (Fsp3) is 0.200. The van der Waals surface area contributed by atoms with Crippen molar-refractivity contribution in [3.63, 3.8) is 0 Å². The molecule has 2 aromatic carbocycles. The largest absolute Gasteiger partial charge is 0.504 e. The Kier molecular flexibility index (Phi) is 4.77. The van der Waals surface area contributed by atoms with E-state index in [1.54, 1.807) is 26.0 Å². The van der Waals surface area contributed by atoms with Crippen LogP contribution in [0.2, 0.25) is 0 Å². The van der Waals surface area contributed by atoms with E-state index < -0.39 is 12.0 Å². The minimum Gasteiger partial charge on any atom is -0.504 e. The third-order valence-corrected chi connectivity index (χ3v) is 4.08. The van der Waals surface area contributed by atoms with Crippen LogP contribution < -0.4 is 15.9 Å². The first-order chi connectivity index (χ1) is 12.4. The van der Waals surface area contributed by atoms with Crippen LogP contribution in [-0.4, -0.2) is 17.1 Å². The summed E-state index contributed by atoms with van der Waals surface area (Å²) in [5, 5.41) is 10.3. The van der Waals surface area contributed by atoms with Gasteiger partial charge < -0.3 is 20.0 Å². The van der Waals surface area contributed by atoms with Crippen LogP contribution in [0.5, 0.6) is 11.5 Å². The molecule has 3 rings (SSSR count). The molecule has 134 valence electrons. The van der Waals surface area contributed by atoms with Gasteiger partial charge in [0, 0.05) is 11.6 Å². The monoisotopic (exact) mass is 353 g/mol. The average molecular weight is 353 g/mol. The SMILES string of the molecule is CC(C)[C@H](N)C(=O)Oc1c(O)ccc2c(=O)cc(-c3ccccc3)oc12. The number of hydrogen-bond acceptors (Lipinski definition) is 6. The van der Waals surface area contributed by atoms with Gasteiger partial charge in [0.05, 0.1) is 5.39 Å². The Bertz CT molecular complexity index is 1010. The normalized spacial score (nSPS) is 12.3. The Morgan fingerprint density at radius 1 is 1.15 bits per heavy atom. The Morgan fingerprint density at radius 2 is 1.85 bits per heavy atom. The quantitative estimate of drug-likeness (QED) is 0.552. The number of nitrogens with two attached hydrogens (primary N) is 1. The number of carbonyl (C=O) groups excluding carboxylic acids is 1. The van der Waals surface area contributed by atoms with E-state index >= 15 is 0 Å². The van der Waals surface area contributed by atoms with Crippen molar-refractivity contribution in [3.05, 3.63) is 58.8 Å². The number of carbonyl (C=O) groups is 1. The molecular formula is C20H19NO5. The molecule has 0 aliphatic rings. The number of benzene rings is 2. The van der Waals surface area contributed by atoms with E-state index in [0.717, 1.165) is 0 Å². The summed E-state index contributed by atoms with van der Waals surface area (Å²) in [7, 11) is 0. The number of aromatic hydroxyl groups is 1. The van der Waals surface area contributed by atoms with Crippen molar-refractivity contribution >= 4 is 16.9 Å². The molecule has 1 atom stereocenters. The number of phenols is 1. The number of ether oxygens (including phenoxy) is 1. The lowest BCUT2D eigenvalue weighted by atomic mass is 10.1. The minimum absolute atomic E-state index is 0.000610. The molecular weight excluding hydrogens is 334 g/mol. The number of phenolic OH excluding ortho intramolecular Hbond substituents is 1.